The average molecular weight is 490 g/mol. The Balaban J connectivity index is 0.000000179. The van der Waals surface area contributed by atoms with Crippen LogP contribution in [-0.4, -0.2) is 64.9 Å². The Hall–Kier alpha value is -1.61. The molecule has 0 unspecified atom stereocenters. The van der Waals surface area contributed by atoms with E-state index in [1.807, 2.05) is 0 Å². The standard InChI is InChI=1S/C11H16ClN3O2.C9H11Cl2N3/c12-10-8-9(15-4-2-1-3-5-15)11(14-13-10)17-7-6-16;10-8-6-7(9(11)13-12-8)14-4-2-1-3-5-14/h8,16H,1-7H2;6H,1-5H2. The highest BCUT2D eigenvalue weighted by atomic mass is 35.5. The van der Waals surface area contributed by atoms with E-state index in [2.05, 4.69) is 30.2 Å². The Morgan fingerprint density at radius 1 is 0.742 bits per heavy atom. The number of halogens is 3. The van der Waals surface area contributed by atoms with Gasteiger partial charge in [-0.2, -0.15) is 0 Å². The van der Waals surface area contributed by atoms with E-state index in [4.69, 9.17) is 44.6 Å². The smallest absolute Gasteiger partial charge is 0.257 e. The van der Waals surface area contributed by atoms with Crippen LogP contribution >= 0.6 is 34.8 Å². The Kier molecular flexibility index (Phi) is 9.64. The SMILES string of the molecule is Clc1cc(N2CCCCC2)c(Cl)nn1.OCCOc1nnc(Cl)cc1N1CCCCC1. The van der Waals surface area contributed by atoms with Gasteiger partial charge in [0.2, 0.25) is 0 Å². The summed E-state index contributed by atoms with van der Waals surface area (Å²) in [6.07, 6.45) is 7.29. The number of hydrogen-bond acceptors (Lipinski definition) is 8. The molecule has 170 valence electrons. The highest BCUT2D eigenvalue weighted by Gasteiger charge is 2.18. The minimum absolute atomic E-state index is 0.0379. The highest BCUT2D eigenvalue weighted by Crippen LogP contribution is 2.30. The van der Waals surface area contributed by atoms with Crippen LogP contribution in [0.2, 0.25) is 15.5 Å². The molecular weight excluding hydrogens is 463 g/mol. The van der Waals surface area contributed by atoms with E-state index in [-0.39, 0.29) is 13.2 Å². The first kappa shape index (κ1) is 24.0. The summed E-state index contributed by atoms with van der Waals surface area (Å²) >= 11 is 17.6. The van der Waals surface area contributed by atoms with Gasteiger partial charge in [0.25, 0.3) is 5.88 Å². The van der Waals surface area contributed by atoms with Gasteiger partial charge in [0.05, 0.1) is 12.3 Å². The van der Waals surface area contributed by atoms with Crippen LogP contribution in [0.5, 0.6) is 5.88 Å². The predicted molar refractivity (Wildman–Crippen MR) is 124 cm³/mol. The van der Waals surface area contributed by atoms with Crippen molar-refractivity contribution in [3.8, 4) is 5.88 Å². The van der Waals surface area contributed by atoms with Gasteiger partial charge in [-0.05, 0) is 38.5 Å². The lowest BCUT2D eigenvalue weighted by Crippen LogP contribution is -2.30. The zero-order valence-corrected chi connectivity index (χ0v) is 19.6. The van der Waals surface area contributed by atoms with Crippen molar-refractivity contribution in [3.63, 3.8) is 0 Å². The maximum atomic E-state index is 8.77. The number of rotatable bonds is 5. The van der Waals surface area contributed by atoms with E-state index in [1.54, 1.807) is 12.1 Å². The maximum absolute atomic E-state index is 8.77. The predicted octanol–water partition coefficient (Wildman–Crippen LogP) is 4.27. The van der Waals surface area contributed by atoms with Crippen molar-refractivity contribution in [2.75, 3.05) is 49.2 Å². The monoisotopic (exact) mass is 488 g/mol. The molecule has 0 spiro atoms. The summed E-state index contributed by atoms with van der Waals surface area (Å²) < 4.78 is 5.37. The molecule has 11 heteroatoms. The molecule has 2 fully saturated rings. The molecular formula is C20H27Cl3N6O2. The third-order valence-electron chi connectivity index (χ3n) is 5.14. The van der Waals surface area contributed by atoms with Crippen LogP contribution in [0.25, 0.3) is 0 Å². The van der Waals surface area contributed by atoms with Gasteiger partial charge in [-0.3, -0.25) is 0 Å². The summed E-state index contributed by atoms with van der Waals surface area (Å²) in [5, 5.41) is 25.2. The quantitative estimate of drug-likeness (QED) is 0.666. The molecule has 0 aromatic carbocycles. The van der Waals surface area contributed by atoms with Gasteiger partial charge in [-0.1, -0.05) is 34.8 Å². The van der Waals surface area contributed by atoms with Crippen LogP contribution in [-0.2, 0) is 0 Å². The van der Waals surface area contributed by atoms with Crippen LogP contribution in [0.3, 0.4) is 0 Å². The van der Waals surface area contributed by atoms with Crippen molar-refractivity contribution in [1.82, 2.24) is 20.4 Å². The van der Waals surface area contributed by atoms with Crippen molar-refractivity contribution in [2.24, 2.45) is 0 Å². The largest absolute Gasteiger partial charge is 0.473 e. The lowest BCUT2D eigenvalue weighted by molar-refractivity contribution is 0.195. The van der Waals surface area contributed by atoms with E-state index in [1.165, 1.54) is 38.5 Å². The third kappa shape index (κ3) is 7.20. The summed E-state index contributed by atoms with van der Waals surface area (Å²) in [4.78, 5) is 4.42. The topological polar surface area (TPSA) is 87.5 Å². The number of hydrogen-bond donors (Lipinski definition) is 1. The number of aliphatic hydroxyl groups excluding tert-OH is 1. The fourth-order valence-corrected chi connectivity index (χ4v) is 4.15. The van der Waals surface area contributed by atoms with Crippen LogP contribution < -0.4 is 14.5 Å². The molecule has 2 aliphatic rings. The Bertz CT molecular complexity index is 833. The van der Waals surface area contributed by atoms with E-state index in [9.17, 15) is 0 Å². The second-order valence-corrected chi connectivity index (χ2v) is 8.50. The van der Waals surface area contributed by atoms with Crippen molar-refractivity contribution >= 4 is 46.2 Å². The first-order chi connectivity index (χ1) is 15.1. The molecule has 0 atom stereocenters. The van der Waals surface area contributed by atoms with Crippen molar-refractivity contribution in [1.29, 1.82) is 0 Å². The van der Waals surface area contributed by atoms with Crippen molar-refractivity contribution < 1.29 is 9.84 Å². The van der Waals surface area contributed by atoms with E-state index in [0.29, 0.717) is 21.3 Å². The summed E-state index contributed by atoms with van der Waals surface area (Å²) in [6, 6.07) is 3.55. The van der Waals surface area contributed by atoms with Gasteiger partial charge in [0.1, 0.15) is 12.3 Å². The van der Waals surface area contributed by atoms with Crippen LogP contribution in [0.15, 0.2) is 12.1 Å². The van der Waals surface area contributed by atoms with Gasteiger partial charge in [-0.25, -0.2) is 0 Å². The first-order valence-electron chi connectivity index (χ1n) is 10.5. The molecule has 4 rings (SSSR count). The molecule has 31 heavy (non-hydrogen) atoms. The minimum atomic E-state index is -0.0379. The number of aromatic nitrogens is 4. The minimum Gasteiger partial charge on any atom is -0.473 e. The number of nitrogens with zero attached hydrogens (tertiary/aromatic N) is 6. The van der Waals surface area contributed by atoms with Crippen molar-refractivity contribution in [2.45, 2.75) is 38.5 Å². The normalized spacial score (nSPS) is 16.5. The van der Waals surface area contributed by atoms with E-state index in [0.717, 1.165) is 37.6 Å². The van der Waals surface area contributed by atoms with Crippen LogP contribution in [0.1, 0.15) is 38.5 Å². The van der Waals surface area contributed by atoms with Gasteiger partial charge < -0.3 is 19.6 Å². The molecule has 2 aliphatic heterocycles. The molecule has 0 bridgehead atoms. The lowest BCUT2D eigenvalue weighted by Gasteiger charge is -2.29. The van der Waals surface area contributed by atoms with Crippen LogP contribution in [0, 0.1) is 0 Å². The molecule has 0 radical (unpaired) electrons. The third-order valence-corrected chi connectivity index (χ3v) is 5.77. The number of piperidine rings is 2. The van der Waals surface area contributed by atoms with Crippen LogP contribution in [0.4, 0.5) is 11.4 Å². The zero-order valence-electron chi connectivity index (χ0n) is 17.3. The Morgan fingerprint density at radius 3 is 1.84 bits per heavy atom. The number of aliphatic hydroxyl groups is 1. The summed E-state index contributed by atoms with van der Waals surface area (Å²) in [5.41, 5.74) is 1.78. The fraction of sp³-hybridized carbons (Fsp3) is 0.600. The lowest BCUT2D eigenvalue weighted by atomic mass is 10.1. The summed E-state index contributed by atoms with van der Waals surface area (Å²) in [5.74, 6) is 0.449. The van der Waals surface area contributed by atoms with Gasteiger partial charge in [0, 0.05) is 38.3 Å². The highest BCUT2D eigenvalue weighted by molar-refractivity contribution is 6.33. The molecule has 0 aliphatic carbocycles. The molecule has 2 aromatic rings. The number of ether oxygens (including phenoxy) is 1. The average Bonchev–Trinajstić information content (AvgIpc) is 2.81. The second kappa shape index (κ2) is 12.4. The Morgan fingerprint density at radius 2 is 1.26 bits per heavy atom. The molecule has 2 saturated heterocycles. The molecule has 2 aromatic heterocycles. The number of anilines is 2. The summed E-state index contributed by atoms with van der Waals surface area (Å²) in [7, 11) is 0. The maximum Gasteiger partial charge on any atom is 0.257 e. The fourth-order valence-electron chi connectivity index (χ4n) is 3.66. The molecule has 4 heterocycles. The first-order valence-corrected chi connectivity index (χ1v) is 11.7. The summed E-state index contributed by atoms with van der Waals surface area (Å²) in [6.45, 7) is 4.21. The molecule has 0 amide bonds. The molecule has 0 saturated carbocycles. The zero-order chi connectivity index (χ0) is 22.1. The van der Waals surface area contributed by atoms with E-state index >= 15 is 0 Å². The second-order valence-electron chi connectivity index (χ2n) is 7.37. The van der Waals surface area contributed by atoms with Crippen molar-refractivity contribution in [3.05, 3.63) is 27.6 Å². The van der Waals surface area contributed by atoms with Gasteiger partial charge in [-0.15, -0.1) is 20.4 Å². The Labute approximate surface area is 197 Å². The van der Waals surface area contributed by atoms with Gasteiger partial charge in [0.15, 0.2) is 15.5 Å². The van der Waals surface area contributed by atoms with Gasteiger partial charge >= 0.3 is 0 Å². The molecule has 8 nitrogen and oxygen atoms in total. The van der Waals surface area contributed by atoms with E-state index < -0.39 is 0 Å². The molecule has 1 N–H and O–H groups in total.